The predicted octanol–water partition coefficient (Wildman–Crippen LogP) is 6.72. The Bertz CT molecular complexity index is 1420. The second-order valence-electron chi connectivity index (χ2n) is 8.07. The number of amides is 4. The smallest absolute Gasteiger partial charge is 0.335 e. The maximum Gasteiger partial charge on any atom is 0.335 e. The van der Waals surface area contributed by atoms with Crippen LogP contribution in [-0.2, 0) is 16.0 Å². The molecule has 0 saturated carbocycles. The Balaban J connectivity index is 1.73. The number of benzene rings is 3. The Hall–Kier alpha value is -3.13. The largest absolute Gasteiger partial charge is 0.494 e. The van der Waals surface area contributed by atoms with Crippen molar-refractivity contribution in [3.8, 4) is 5.75 Å². The van der Waals surface area contributed by atoms with Crippen LogP contribution < -0.4 is 15.0 Å². The molecule has 0 bridgehead atoms. The van der Waals surface area contributed by atoms with Crippen LogP contribution in [-0.4, -0.2) is 24.5 Å². The van der Waals surface area contributed by atoms with E-state index in [2.05, 4.69) is 21.2 Å². The normalized spacial score (nSPS) is 14.9. The van der Waals surface area contributed by atoms with Crippen LogP contribution >= 0.6 is 39.1 Å². The van der Waals surface area contributed by atoms with Crippen molar-refractivity contribution in [2.75, 3.05) is 11.5 Å². The summed E-state index contributed by atoms with van der Waals surface area (Å²) >= 11 is 16.1. The van der Waals surface area contributed by atoms with Gasteiger partial charge in [-0.2, -0.15) is 0 Å². The molecule has 0 unspecified atom stereocenters. The summed E-state index contributed by atoms with van der Waals surface area (Å²) in [6.07, 6.45) is 1.95. The topological polar surface area (TPSA) is 75.7 Å². The molecule has 1 saturated heterocycles. The van der Waals surface area contributed by atoms with E-state index in [1.807, 2.05) is 38.1 Å². The molecule has 3 aromatic rings. The van der Waals surface area contributed by atoms with Gasteiger partial charge in [-0.15, -0.1) is 0 Å². The van der Waals surface area contributed by atoms with Gasteiger partial charge in [0, 0.05) is 26.5 Å². The van der Waals surface area contributed by atoms with Gasteiger partial charge in [-0.1, -0.05) is 63.4 Å². The Morgan fingerprint density at radius 2 is 1.78 bits per heavy atom. The molecule has 0 radical (unpaired) electrons. The van der Waals surface area contributed by atoms with Gasteiger partial charge in [0.15, 0.2) is 0 Å². The molecule has 4 amide bonds. The number of aryl methyl sites for hydroxylation is 1. The molecule has 4 rings (SSSR count). The van der Waals surface area contributed by atoms with Crippen LogP contribution in [0.2, 0.25) is 10.0 Å². The van der Waals surface area contributed by atoms with Crippen LogP contribution in [0.4, 0.5) is 10.5 Å². The van der Waals surface area contributed by atoms with Gasteiger partial charge in [0.05, 0.1) is 12.3 Å². The first-order valence-electron chi connectivity index (χ1n) is 11.1. The van der Waals surface area contributed by atoms with Gasteiger partial charge in [0.2, 0.25) is 0 Å². The summed E-state index contributed by atoms with van der Waals surface area (Å²) in [5, 5.41) is 3.27. The minimum Gasteiger partial charge on any atom is -0.494 e. The molecule has 0 atom stereocenters. The number of nitrogens with one attached hydrogen (secondary N) is 1. The highest BCUT2D eigenvalue weighted by molar-refractivity contribution is 9.10. The van der Waals surface area contributed by atoms with Crippen molar-refractivity contribution < 1.29 is 19.1 Å². The number of rotatable bonds is 6. The number of imide groups is 2. The predicted molar refractivity (Wildman–Crippen MR) is 145 cm³/mol. The number of carbonyl (C=O) groups excluding carboxylic acids is 3. The molecule has 184 valence electrons. The number of ether oxygens (including phenoxy) is 1. The number of nitrogens with zero attached hydrogens (tertiary/aromatic N) is 1. The Morgan fingerprint density at radius 3 is 2.47 bits per heavy atom. The van der Waals surface area contributed by atoms with Crippen LogP contribution in [0.3, 0.4) is 0 Å². The molecule has 1 fully saturated rings. The van der Waals surface area contributed by atoms with Gasteiger partial charge >= 0.3 is 6.03 Å². The van der Waals surface area contributed by atoms with Crippen LogP contribution in [0.15, 0.2) is 64.6 Å². The zero-order valence-corrected chi connectivity index (χ0v) is 22.5. The zero-order valence-electron chi connectivity index (χ0n) is 19.4. The summed E-state index contributed by atoms with van der Waals surface area (Å²) < 4.78 is 6.60. The summed E-state index contributed by atoms with van der Waals surface area (Å²) in [6, 6.07) is 15.0. The molecule has 6 nitrogen and oxygen atoms in total. The fraction of sp³-hybridized carbons (Fsp3) is 0.148. The van der Waals surface area contributed by atoms with Gasteiger partial charge in [-0.05, 0) is 66.9 Å². The lowest BCUT2D eigenvalue weighted by molar-refractivity contribution is -0.122. The number of urea groups is 1. The molecule has 1 aliphatic rings. The monoisotopic (exact) mass is 586 g/mol. The lowest BCUT2D eigenvalue weighted by Crippen LogP contribution is -2.54. The Kier molecular flexibility index (Phi) is 7.83. The zero-order chi connectivity index (χ0) is 26.0. The van der Waals surface area contributed by atoms with Crippen molar-refractivity contribution in [2.45, 2.75) is 20.3 Å². The average Bonchev–Trinajstić information content (AvgIpc) is 2.82. The number of hydrogen-bond acceptors (Lipinski definition) is 4. The number of barbiturate groups is 1. The quantitative estimate of drug-likeness (QED) is 0.256. The van der Waals surface area contributed by atoms with E-state index < -0.39 is 17.8 Å². The highest BCUT2D eigenvalue weighted by atomic mass is 79.9. The third-order valence-electron chi connectivity index (χ3n) is 5.63. The van der Waals surface area contributed by atoms with Gasteiger partial charge in [-0.25, -0.2) is 9.69 Å². The van der Waals surface area contributed by atoms with Crippen LogP contribution in [0.5, 0.6) is 5.75 Å². The summed E-state index contributed by atoms with van der Waals surface area (Å²) in [6.45, 7) is 4.09. The second kappa shape index (κ2) is 10.9. The lowest BCUT2D eigenvalue weighted by atomic mass is 10.0. The first-order valence-corrected chi connectivity index (χ1v) is 12.6. The summed E-state index contributed by atoms with van der Waals surface area (Å²) in [7, 11) is 0. The molecule has 1 heterocycles. The van der Waals surface area contributed by atoms with Crippen molar-refractivity contribution in [3.05, 3.63) is 96.9 Å². The molecule has 3 aromatic carbocycles. The van der Waals surface area contributed by atoms with Crippen LogP contribution in [0.25, 0.3) is 6.08 Å². The molecule has 1 aliphatic heterocycles. The Morgan fingerprint density at radius 1 is 1.03 bits per heavy atom. The molecule has 36 heavy (non-hydrogen) atoms. The minimum atomic E-state index is -0.839. The first kappa shape index (κ1) is 25.9. The standard InChI is InChI=1S/C27H21BrCl2N2O4/c1-3-36-24-12-16(11-21(28)19(24)13-17-6-4-5-7-22(17)29)10-20-25(33)31-27(35)32(26(20)34)18-9-8-15(2)23(30)14-18/h4-12,14H,3,13H2,1-2H3,(H,31,33,35)/b20-10+. The molecular weight excluding hydrogens is 567 g/mol. The third kappa shape index (κ3) is 5.33. The van der Waals surface area contributed by atoms with E-state index in [1.54, 1.807) is 24.3 Å². The number of anilines is 1. The Labute approximate surface area is 227 Å². The maximum absolute atomic E-state index is 13.3. The first-order chi connectivity index (χ1) is 17.2. The van der Waals surface area contributed by atoms with Crippen molar-refractivity contribution in [2.24, 2.45) is 0 Å². The third-order valence-corrected chi connectivity index (χ3v) is 7.11. The van der Waals surface area contributed by atoms with Crippen LogP contribution in [0.1, 0.15) is 29.2 Å². The summed E-state index contributed by atoms with van der Waals surface area (Å²) in [5.41, 5.74) is 3.21. The fourth-order valence-corrected chi connectivity index (χ4v) is 4.76. The van der Waals surface area contributed by atoms with Crippen molar-refractivity contribution in [3.63, 3.8) is 0 Å². The van der Waals surface area contributed by atoms with E-state index in [0.29, 0.717) is 34.4 Å². The molecule has 9 heteroatoms. The average molecular weight is 588 g/mol. The van der Waals surface area contributed by atoms with Gasteiger partial charge in [0.1, 0.15) is 11.3 Å². The van der Waals surface area contributed by atoms with E-state index in [4.69, 9.17) is 27.9 Å². The van der Waals surface area contributed by atoms with Crippen molar-refractivity contribution >= 4 is 68.7 Å². The SMILES string of the molecule is CCOc1cc(/C=C2\C(=O)NC(=O)N(c3ccc(C)c(Cl)c3)C2=O)cc(Br)c1Cc1ccccc1Cl. The fourth-order valence-electron chi connectivity index (χ4n) is 3.78. The van der Waals surface area contributed by atoms with Gasteiger partial charge in [0.25, 0.3) is 11.8 Å². The second-order valence-corrected chi connectivity index (χ2v) is 9.74. The molecule has 0 aromatic heterocycles. The van der Waals surface area contributed by atoms with Crippen molar-refractivity contribution in [1.29, 1.82) is 0 Å². The van der Waals surface area contributed by atoms with E-state index in [9.17, 15) is 14.4 Å². The highest BCUT2D eigenvalue weighted by Crippen LogP contribution is 2.34. The summed E-state index contributed by atoms with van der Waals surface area (Å²) in [4.78, 5) is 39.3. The molecule has 0 aliphatic carbocycles. The minimum absolute atomic E-state index is 0.195. The molecule has 0 spiro atoms. The number of hydrogen-bond donors (Lipinski definition) is 1. The molecular formula is C27H21BrCl2N2O4. The van der Waals surface area contributed by atoms with Gasteiger partial charge in [-0.3, -0.25) is 14.9 Å². The van der Waals surface area contributed by atoms with E-state index in [1.165, 1.54) is 12.1 Å². The molecule has 1 N–H and O–H groups in total. The van der Waals surface area contributed by atoms with E-state index >= 15 is 0 Å². The maximum atomic E-state index is 13.3. The highest BCUT2D eigenvalue weighted by Gasteiger charge is 2.37. The van der Waals surface area contributed by atoms with E-state index in [0.717, 1.165) is 26.1 Å². The summed E-state index contributed by atoms with van der Waals surface area (Å²) in [5.74, 6) is -0.952. The number of halogens is 3. The van der Waals surface area contributed by atoms with E-state index in [-0.39, 0.29) is 11.3 Å². The number of carbonyl (C=O) groups is 3. The van der Waals surface area contributed by atoms with Crippen molar-refractivity contribution in [1.82, 2.24) is 5.32 Å². The van der Waals surface area contributed by atoms with Crippen LogP contribution in [0, 0.1) is 6.92 Å². The lowest BCUT2D eigenvalue weighted by Gasteiger charge is -2.26. The van der Waals surface area contributed by atoms with Gasteiger partial charge < -0.3 is 4.74 Å².